The zero-order valence-electron chi connectivity index (χ0n) is 16.3. The molecule has 2 aromatic carbocycles. The summed E-state index contributed by atoms with van der Waals surface area (Å²) in [4.78, 5) is 24.4. The number of ether oxygens (including phenoxy) is 1. The van der Waals surface area contributed by atoms with Gasteiger partial charge >= 0.3 is 5.63 Å². The predicted molar refractivity (Wildman–Crippen MR) is 111 cm³/mol. The van der Waals surface area contributed by atoms with Gasteiger partial charge in [0.25, 0.3) is 0 Å². The summed E-state index contributed by atoms with van der Waals surface area (Å²) in [6, 6.07) is 8.22. The SMILES string of the molecule is CC(=O)C[C@H]1Oc2cc(C=Cc3ccc(O)c(O)c3)oc(=O)c2-c2cc(O)c(O)cc21. The van der Waals surface area contributed by atoms with Crippen LogP contribution in [0.5, 0.6) is 28.7 Å². The highest BCUT2D eigenvalue weighted by atomic mass is 16.5. The van der Waals surface area contributed by atoms with Crippen LogP contribution in [-0.2, 0) is 4.79 Å². The molecule has 0 saturated heterocycles. The van der Waals surface area contributed by atoms with Crippen LogP contribution in [0.3, 0.4) is 0 Å². The molecule has 0 aliphatic carbocycles. The lowest BCUT2D eigenvalue weighted by molar-refractivity contribution is -0.118. The monoisotopic (exact) mass is 422 g/mol. The summed E-state index contributed by atoms with van der Waals surface area (Å²) in [5.41, 5.74) is 0.614. The summed E-state index contributed by atoms with van der Waals surface area (Å²) in [6.07, 6.45) is 2.31. The molecule has 4 N–H and O–H groups in total. The maximum atomic E-state index is 12.7. The van der Waals surface area contributed by atoms with Crippen molar-refractivity contribution in [2.24, 2.45) is 0 Å². The molecule has 0 unspecified atom stereocenters. The van der Waals surface area contributed by atoms with Crippen LogP contribution in [-0.4, -0.2) is 26.2 Å². The Balaban J connectivity index is 1.79. The van der Waals surface area contributed by atoms with Crippen molar-refractivity contribution in [1.82, 2.24) is 0 Å². The molecule has 2 heterocycles. The standard InChI is InChI=1S/C23H18O8/c1-11(24)6-20-14-9-18(27)19(28)10-15(14)22-21(31-20)8-13(30-23(22)29)4-2-12-3-5-16(25)17(26)7-12/h2-5,7-10,20,25-28H,6H2,1H3/t20-/m1/s1. The Kier molecular flexibility index (Phi) is 4.90. The number of ketones is 1. The van der Waals surface area contributed by atoms with Gasteiger partial charge in [-0.1, -0.05) is 12.1 Å². The molecular formula is C23H18O8. The maximum Gasteiger partial charge on any atom is 0.347 e. The number of carbonyl (C=O) groups is 1. The fourth-order valence-electron chi connectivity index (χ4n) is 3.44. The number of phenols is 4. The number of carbonyl (C=O) groups excluding carboxylic acids is 1. The van der Waals surface area contributed by atoms with Crippen LogP contribution in [0.4, 0.5) is 0 Å². The number of phenolic OH excluding ortho intramolecular Hbond substituents is 4. The summed E-state index contributed by atoms with van der Waals surface area (Å²) >= 11 is 0. The second-order valence-electron chi connectivity index (χ2n) is 7.20. The molecule has 0 fully saturated rings. The third-order valence-corrected chi connectivity index (χ3v) is 4.88. The molecule has 1 atom stereocenters. The van der Waals surface area contributed by atoms with E-state index in [0.29, 0.717) is 16.7 Å². The smallest absolute Gasteiger partial charge is 0.347 e. The number of aromatic hydroxyl groups is 4. The minimum Gasteiger partial charge on any atom is -0.504 e. The first-order valence-electron chi connectivity index (χ1n) is 9.33. The third kappa shape index (κ3) is 3.83. The van der Waals surface area contributed by atoms with Crippen molar-refractivity contribution in [2.75, 3.05) is 0 Å². The van der Waals surface area contributed by atoms with E-state index in [2.05, 4.69) is 0 Å². The Labute approximate surface area is 175 Å². The Hall–Kier alpha value is -4.20. The number of fused-ring (bicyclic) bond motifs is 3. The van der Waals surface area contributed by atoms with Gasteiger partial charge < -0.3 is 29.6 Å². The topological polar surface area (TPSA) is 137 Å². The molecule has 0 radical (unpaired) electrons. The Bertz CT molecular complexity index is 1290. The quantitative estimate of drug-likeness (QED) is 0.467. The second-order valence-corrected chi connectivity index (χ2v) is 7.20. The zero-order chi connectivity index (χ0) is 22.3. The molecule has 31 heavy (non-hydrogen) atoms. The van der Waals surface area contributed by atoms with E-state index < -0.39 is 17.5 Å². The average Bonchev–Trinajstić information content (AvgIpc) is 2.69. The largest absolute Gasteiger partial charge is 0.504 e. The van der Waals surface area contributed by atoms with Gasteiger partial charge in [-0.3, -0.25) is 4.79 Å². The van der Waals surface area contributed by atoms with Gasteiger partial charge in [0.15, 0.2) is 23.0 Å². The summed E-state index contributed by atoms with van der Waals surface area (Å²) in [5, 5.41) is 38.8. The lowest BCUT2D eigenvalue weighted by Crippen LogP contribution is -2.20. The fraction of sp³-hybridized carbons (Fsp3) is 0.130. The Morgan fingerprint density at radius 3 is 2.39 bits per heavy atom. The molecule has 0 bridgehead atoms. The number of benzene rings is 2. The minimum atomic E-state index is -0.751. The molecule has 8 nitrogen and oxygen atoms in total. The first kappa shape index (κ1) is 20.1. The van der Waals surface area contributed by atoms with Gasteiger partial charge in [0, 0.05) is 23.6 Å². The number of rotatable bonds is 4. The van der Waals surface area contributed by atoms with Gasteiger partial charge in [-0.15, -0.1) is 0 Å². The van der Waals surface area contributed by atoms with Gasteiger partial charge in [-0.25, -0.2) is 4.79 Å². The molecule has 0 spiro atoms. The van der Waals surface area contributed by atoms with Crippen molar-refractivity contribution < 1.29 is 34.4 Å². The summed E-state index contributed by atoms with van der Waals surface area (Å²) in [6.45, 7) is 1.40. The van der Waals surface area contributed by atoms with E-state index >= 15 is 0 Å². The van der Waals surface area contributed by atoms with E-state index in [0.717, 1.165) is 0 Å². The molecule has 1 aliphatic heterocycles. The molecule has 0 saturated carbocycles. The van der Waals surface area contributed by atoms with Crippen molar-refractivity contribution in [3.8, 4) is 39.9 Å². The first-order valence-corrected chi connectivity index (χ1v) is 9.33. The highest BCUT2D eigenvalue weighted by Crippen LogP contribution is 2.46. The molecule has 158 valence electrons. The normalized spacial score (nSPS) is 14.7. The molecular weight excluding hydrogens is 404 g/mol. The summed E-state index contributed by atoms with van der Waals surface area (Å²) in [5.74, 6) is -1.16. The molecule has 4 rings (SSSR count). The third-order valence-electron chi connectivity index (χ3n) is 4.88. The van der Waals surface area contributed by atoms with E-state index in [9.17, 15) is 30.0 Å². The van der Waals surface area contributed by atoms with Crippen LogP contribution in [0.2, 0.25) is 0 Å². The minimum absolute atomic E-state index is 0.00877. The van der Waals surface area contributed by atoms with Crippen LogP contribution in [0.1, 0.15) is 36.3 Å². The zero-order valence-corrected chi connectivity index (χ0v) is 16.3. The molecule has 1 aromatic heterocycles. The van der Waals surface area contributed by atoms with Crippen LogP contribution >= 0.6 is 0 Å². The van der Waals surface area contributed by atoms with Crippen LogP contribution in [0, 0.1) is 0 Å². The second kappa shape index (κ2) is 7.56. The van der Waals surface area contributed by atoms with Gasteiger partial charge in [0.2, 0.25) is 0 Å². The number of hydrogen-bond donors (Lipinski definition) is 4. The molecule has 8 heteroatoms. The summed E-state index contributed by atoms with van der Waals surface area (Å²) < 4.78 is 11.2. The van der Waals surface area contributed by atoms with Gasteiger partial charge in [-0.05, 0) is 42.8 Å². The molecule has 3 aromatic rings. The molecule has 1 aliphatic rings. The van der Waals surface area contributed by atoms with Crippen molar-refractivity contribution in [3.63, 3.8) is 0 Å². The Morgan fingerprint density at radius 1 is 0.968 bits per heavy atom. The van der Waals surface area contributed by atoms with E-state index in [1.165, 1.54) is 43.3 Å². The van der Waals surface area contributed by atoms with Gasteiger partial charge in [-0.2, -0.15) is 0 Å². The predicted octanol–water partition coefficient (Wildman–Crippen LogP) is 3.71. The lowest BCUT2D eigenvalue weighted by atomic mass is 9.91. The highest BCUT2D eigenvalue weighted by Gasteiger charge is 2.31. The van der Waals surface area contributed by atoms with Crippen LogP contribution in [0.25, 0.3) is 23.3 Å². The van der Waals surface area contributed by atoms with Gasteiger partial charge in [0.1, 0.15) is 29.0 Å². The number of Topliss-reactive ketones (excluding diaryl/α,β-unsaturated/α-hetero) is 1. The van der Waals surface area contributed by atoms with Crippen molar-refractivity contribution in [3.05, 3.63) is 63.7 Å². The fourth-order valence-corrected chi connectivity index (χ4v) is 3.44. The highest BCUT2D eigenvalue weighted by molar-refractivity contribution is 5.81. The van der Waals surface area contributed by atoms with Gasteiger partial charge in [0.05, 0.1) is 0 Å². The number of hydrogen-bond acceptors (Lipinski definition) is 8. The van der Waals surface area contributed by atoms with Crippen molar-refractivity contribution in [1.29, 1.82) is 0 Å². The van der Waals surface area contributed by atoms with E-state index in [-0.39, 0.29) is 46.5 Å². The maximum absolute atomic E-state index is 12.7. The van der Waals surface area contributed by atoms with Crippen molar-refractivity contribution in [2.45, 2.75) is 19.4 Å². The van der Waals surface area contributed by atoms with Crippen LogP contribution in [0.15, 0.2) is 45.6 Å². The lowest BCUT2D eigenvalue weighted by Gasteiger charge is -2.28. The Morgan fingerprint density at radius 2 is 1.68 bits per heavy atom. The van der Waals surface area contributed by atoms with E-state index in [1.54, 1.807) is 12.1 Å². The average molecular weight is 422 g/mol. The summed E-state index contributed by atoms with van der Waals surface area (Å²) in [7, 11) is 0. The van der Waals surface area contributed by atoms with Crippen LogP contribution < -0.4 is 10.4 Å². The first-order chi connectivity index (χ1) is 14.7. The van der Waals surface area contributed by atoms with Crippen molar-refractivity contribution >= 4 is 17.9 Å². The van der Waals surface area contributed by atoms with E-state index in [4.69, 9.17) is 9.15 Å². The van der Waals surface area contributed by atoms with E-state index in [1.807, 2.05) is 0 Å². The molecule has 0 amide bonds.